The molecule has 1 saturated heterocycles. The monoisotopic (exact) mass is 304 g/mol. The van der Waals surface area contributed by atoms with Gasteiger partial charge in [-0.3, -0.25) is 0 Å². The molecule has 3 rings (SSSR count). The number of para-hydroxylation sites is 1. The molecule has 0 amide bonds. The average molecular weight is 304 g/mol. The number of ether oxygens (including phenoxy) is 1. The van der Waals surface area contributed by atoms with E-state index in [-0.39, 0.29) is 11.9 Å². The van der Waals surface area contributed by atoms with Crippen molar-refractivity contribution in [3.8, 4) is 0 Å². The summed E-state index contributed by atoms with van der Waals surface area (Å²) in [6, 6.07) is 6.98. The highest BCUT2D eigenvalue weighted by Crippen LogP contribution is 2.30. The molecule has 1 aromatic heterocycles. The molecule has 1 aliphatic heterocycles. The summed E-state index contributed by atoms with van der Waals surface area (Å²) in [6.07, 6.45) is -0.279. The highest BCUT2D eigenvalue weighted by molar-refractivity contribution is 5.92. The van der Waals surface area contributed by atoms with Gasteiger partial charge in [-0.25, -0.2) is 9.37 Å². The summed E-state index contributed by atoms with van der Waals surface area (Å²) in [5, 5.41) is 11.0. The first-order valence-electron chi connectivity index (χ1n) is 7.51. The Hall–Kier alpha value is -1.72. The first kappa shape index (κ1) is 15.2. The largest absolute Gasteiger partial charge is 0.388 e. The van der Waals surface area contributed by atoms with Crippen LogP contribution in [0.1, 0.15) is 19.5 Å². The average Bonchev–Trinajstić information content (AvgIpc) is 2.47. The number of hydrogen-bond acceptors (Lipinski definition) is 4. The summed E-state index contributed by atoms with van der Waals surface area (Å²) < 4.78 is 19.7. The number of aromatic nitrogens is 1. The molecule has 5 heteroatoms. The van der Waals surface area contributed by atoms with E-state index in [1.807, 2.05) is 19.1 Å². The van der Waals surface area contributed by atoms with Crippen LogP contribution in [0, 0.1) is 12.7 Å². The molecule has 1 aliphatic rings. The van der Waals surface area contributed by atoms with Crippen LogP contribution in [0.15, 0.2) is 24.3 Å². The van der Waals surface area contributed by atoms with E-state index in [9.17, 15) is 9.50 Å². The number of pyridine rings is 1. The SMILES string of the molecule is Cc1cc(N2CCOC(C(C)(C)O)C2)c2cccc(F)c2n1. The molecule has 1 fully saturated rings. The zero-order valence-corrected chi connectivity index (χ0v) is 13.1. The van der Waals surface area contributed by atoms with Gasteiger partial charge < -0.3 is 14.7 Å². The van der Waals surface area contributed by atoms with Gasteiger partial charge in [-0.15, -0.1) is 0 Å². The van der Waals surface area contributed by atoms with Gasteiger partial charge in [0.1, 0.15) is 17.4 Å². The molecule has 0 saturated carbocycles. The molecule has 0 radical (unpaired) electrons. The summed E-state index contributed by atoms with van der Waals surface area (Å²) in [5.41, 5.74) is 1.20. The summed E-state index contributed by atoms with van der Waals surface area (Å²) in [5.74, 6) is -0.310. The Morgan fingerprint density at radius 2 is 2.18 bits per heavy atom. The number of morpholine rings is 1. The van der Waals surface area contributed by atoms with E-state index in [1.165, 1.54) is 6.07 Å². The number of benzene rings is 1. The molecule has 0 aliphatic carbocycles. The second-order valence-corrected chi connectivity index (χ2v) is 6.38. The third-order valence-electron chi connectivity index (χ3n) is 4.09. The number of fused-ring (bicyclic) bond motifs is 1. The molecular formula is C17H21FN2O2. The number of hydrogen-bond donors (Lipinski definition) is 1. The summed E-state index contributed by atoms with van der Waals surface area (Å²) in [7, 11) is 0. The Morgan fingerprint density at radius 1 is 1.41 bits per heavy atom. The molecule has 4 nitrogen and oxygen atoms in total. The van der Waals surface area contributed by atoms with Gasteiger partial charge >= 0.3 is 0 Å². The maximum Gasteiger partial charge on any atom is 0.149 e. The fraction of sp³-hybridized carbons (Fsp3) is 0.471. The quantitative estimate of drug-likeness (QED) is 0.926. The minimum atomic E-state index is -0.915. The number of halogens is 1. The van der Waals surface area contributed by atoms with Gasteiger partial charge in [0.15, 0.2) is 0 Å². The highest BCUT2D eigenvalue weighted by atomic mass is 19.1. The lowest BCUT2D eigenvalue weighted by Gasteiger charge is -2.40. The van der Waals surface area contributed by atoms with Crippen molar-refractivity contribution in [1.29, 1.82) is 0 Å². The fourth-order valence-electron chi connectivity index (χ4n) is 2.88. The third kappa shape index (κ3) is 2.78. The lowest BCUT2D eigenvalue weighted by Crippen LogP contribution is -2.52. The number of aliphatic hydroxyl groups is 1. The lowest BCUT2D eigenvalue weighted by molar-refractivity contribution is -0.0927. The molecule has 2 heterocycles. The number of aryl methyl sites for hydroxylation is 1. The van der Waals surface area contributed by atoms with Gasteiger partial charge in [-0.05, 0) is 32.9 Å². The Bertz CT molecular complexity index is 697. The van der Waals surface area contributed by atoms with E-state index in [0.29, 0.717) is 25.2 Å². The van der Waals surface area contributed by atoms with Crippen LogP contribution in [-0.4, -0.2) is 41.5 Å². The van der Waals surface area contributed by atoms with Gasteiger partial charge in [0.05, 0.1) is 12.2 Å². The van der Waals surface area contributed by atoms with Crippen LogP contribution in [0.2, 0.25) is 0 Å². The van der Waals surface area contributed by atoms with Crippen molar-refractivity contribution in [3.05, 3.63) is 35.8 Å². The van der Waals surface area contributed by atoms with Crippen LogP contribution < -0.4 is 4.90 Å². The highest BCUT2D eigenvalue weighted by Gasteiger charge is 2.33. The normalized spacial score (nSPS) is 19.7. The van der Waals surface area contributed by atoms with Crippen LogP contribution in [-0.2, 0) is 4.74 Å². The Balaban J connectivity index is 2.04. The van der Waals surface area contributed by atoms with Gasteiger partial charge in [0.2, 0.25) is 0 Å². The summed E-state index contributed by atoms with van der Waals surface area (Å²) >= 11 is 0. The first-order valence-corrected chi connectivity index (χ1v) is 7.51. The van der Waals surface area contributed by atoms with E-state index >= 15 is 0 Å². The van der Waals surface area contributed by atoms with Crippen LogP contribution >= 0.6 is 0 Å². The molecule has 22 heavy (non-hydrogen) atoms. The van der Waals surface area contributed by atoms with Crippen molar-refractivity contribution in [2.45, 2.75) is 32.5 Å². The third-order valence-corrected chi connectivity index (χ3v) is 4.09. The second-order valence-electron chi connectivity index (χ2n) is 6.38. The molecule has 1 aromatic carbocycles. The Labute approximate surface area is 129 Å². The molecule has 0 spiro atoms. The standard InChI is InChI=1S/C17H21FN2O2/c1-11-9-14(12-5-4-6-13(18)16(12)19-11)20-7-8-22-15(10-20)17(2,3)21/h4-6,9,15,21H,7-8,10H2,1-3H3. The minimum absolute atomic E-state index is 0.279. The lowest BCUT2D eigenvalue weighted by atomic mass is 9.99. The van der Waals surface area contributed by atoms with Crippen molar-refractivity contribution in [2.75, 3.05) is 24.6 Å². The fourth-order valence-corrected chi connectivity index (χ4v) is 2.88. The zero-order chi connectivity index (χ0) is 15.9. The van der Waals surface area contributed by atoms with Crippen LogP contribution in [0.4, 0.5) is 10.1 Å². The van der Waals surface area contributed by atoms with Crippen molar-refractivity contribution in [2.24, 2.45) is 0 Å². The van der Waals surface area contributed by atoms with Gasteiger partial charge in [0, 0.05) is 29.9 Å². The van der Waals surface area contributed by atoms with E-state index in [0.717, 1.165) is 16.8 Å². The van der Waals surface area contributed by atoms with Crippen LogP contribution in [0.5, 0.6) is 0 Å². The maximum absolute atomic E-state index is 14.0. The van der Waals surface area contributed by atoms with Crippen molar-refractivity contribution in [1.82, 2.24) is 4.98 Å². The molecule has 118 valence electrons. The zero-order valence-electron chi connectivity index (χ0n) is 13.1. The number of rotatable bonds is 2. The van der Waals surface area contributed by atoms with E-state index < -0.39 is 5.60 Å². The topological polar surface area (TPSA) is 45.6 Å². The molecule has 0 bridgehead atoms. The maximum atomic E-state index is 14.0. The number of nitrogens with zero attached hydrogens (tertiary/aromatic N) is 2. The minimum Gasteiger partial charge on any atom is -0.388 e. The number of anilines is 1. The molecule has 2 aromatic rings. The predicted molar refractivity (Wildman–Crippen MR) is 84.7 cm³/mol. The van der Waals surface area contributed by atoms with E-state index in [4.69, 9.17) is 4.74 Å². The van der Waals surface area contributed by atoms with Crippen molar-refractivity contribution >= 4 is 16.6 Å². The van der Waals surface area contributed by atoms with Crippen molar-refractivity contribution < 1.29 is 14.2 Å². The van der Waals surface area contributed by atoms with E-state index in [1.54, 1.807) is 19.9 Å². The Kier molecular flexibility index (Phi) is 3.78. The molecule has 1 atom stereocenters. The van der Waals surface area contributed by atoms with Crippen molar-refractivity contribution in [3.63, 3.8) is 0 Å². The van der Waals surface area contributed by atoms with Gasteiger partial charge in [0.25, 0.3) is 0 Å². The van der Waals surface area contributed by atoms with Crippen LogP contribution in [0.3, 0.4) is 0 Å². The Morgan fingerprint density at radius 3 is 2.91 bits per heavy atom. The second kappa shape index (κ2) is 5.48. The molecular weight excluding hydrogens is 283 g/mol. The van der Waals surface area contributed by atoms with Gasteiger partial charge in [-0.2, -0.15) is 0 Å². The smallest absolute Gasteiger partial charge is 0.149 e. The van der Waals surface area contributed by atoms with Crippen LogP contribution in [0.25, 0.3) is 10.9 Å². The summed E-state index contributed by atoms with van der Waals surface area (Å²) in [4.78, 5) is 6.46. The molecule has 1 N–H and O–H groups in total. The molecule has 1 unspecified atom stereocenters. The predicted octanol–water partition coefficient (Wildman–Crippen LogP) is 2.66. The first-order chi connectivity index (χ1) is 10.4. The summed E-state index contributed by atoms with van der Waals surface area (Å²) in [6.45, 7) is 7.17. The van der Waals surface area contributed by atoms with Gasteiger partial charge in [-0.1, -0.05) is 12.1 Å². The van der Waals surface area contributed by atoms with E-state index in [2.05, 4.69) is 9.88 Å².